The van der Waals surface area contributed by atoms with E-state index < -0.39 is 0 Å². The van der Waals surface area contributed by atoms with Crippen LogP contribution < -0.4 is 0 Å². The van der Waals surface area contributed by atoms with Crippen molar-refractivity contribution in [3.8, 4) is 0 Å². The summed E-state index contributed by atoms with van der Waals surface area (Å²) in [6, 6.07) is 0. The third-order valence-corrected chi connectivity index (χ3v) is 2.95. The van der Waals surface area contributed by atoms with Gasteiger partial charge in [-0.3, -0.25) is 0 Å². The maximum Gasteiger partial charge on any atom is 0.0540 e. The van der Waals surface area contributed by atoms with Crippen molar-refractivity contribution in [2.45, 2.75) is 59.0 Å². The van der Waals surface area contributed by atoms with Crippen LogP contribution in [0.1, 0.15) is 52.9 Å². The van der Waals surface area contributed by atoms with E-state index in [2.05, 4.69) is 26.0 Å². The summed E-state index contributed by atoms with van der Waals surface area (Å²) < 4.78 is 0. The van der Waals surface area contributed by atoms with Crippen molar-refractivity contribution >= 4 is 11.6 Å². The molecule has 16 heavy (non-hydrogen) atoms. The average Bonchev–Trinajstić information content (AvgIpc) is 2.26. The van der Waals surface area contributed by atoms with Gasteiger partial charge in [0.1, 0.15) is 0 Å². The fourth-order valence-corrected chi connectivity index (χ4v) is 1.74. The maximum absolute atomic E-state index is 9.44. The second-order valence-corrected chi connectivity index (χ2v) is 4.70. The first kappa shape index (κ1) is 15.7. The van der Waals surface area contributed by atoms with Crippen molar-refractivity contribution in [1.82, 2.24) is 0 Å². The Morgan fingerprint density at radius 2 is 1.81 bits per heavy atom. The Bertz CT molecular complexity index is 231. The van der Waals surface area contributed by atoms with Gasteiger partial charge in [0, 0.05) is 5.88 Å². The second-order valence-electron chi connectivity index (χ2n) is 4.39. The molecule has 0 heterocycles. The number of allylic oxidation sites excluding steroid dienone is 4. The summed E-state index contributed by atoms with van der Waals surface area (Å²) in [5, 5.41) is 9.44. The van der Waals surface area contributed by atoms with E-state index in [9.17, 15) is 5.11 Å². The minimum atomic E-state index is -0.138. The Morgan fingerprint density at radius 1 is 1.19 bits per heavy atom. The number of hydrogen-bond donors (Lipinski definition) is 1. The SMILES string of the molecule is CCC(O)CCC(C)=CCCC(C)=CCCl. The molecule has 0 saturated carbocycles. The molecule has 0 rings (SSSR count). The van der Waals surface area contributed by atoms with E-state index in [-0.39, 0.29) is 6.10 Å². The molecule has 0 aromatic heterocycles. The van der Waals surface area contributed by atoms with E-state index in [1.807, 2.05) is 6.92 Å². The smallest absolute Gasteiger partial charge is 0.0540 e. The number of aliphatic hydroxyl groups is 1. The van der Waals surface area contributed by atoms with E-state index in [1.165, 1.54) is 11.1 Å². The van der Waals surface area contributed by atoms with Crippen LogP contribution in [-0.2, 0) is 0 Å². The van der Waals surface area contributed by atoms with Crippen molar-refractivity contribution in [3.63, 3.8) is 0 Å². The molecule has 94 valence electrons. The number of alkyl halides is 1. The van der Waals surface area contributed by atoms with Crippen molar-refractivity contribution < 1.29 is 5.11 Å². The van der Waals surface area contributed by atoms with Gasteiger partial charge < -0.3 is 5.11 Å². The molecule has 0 aromatic rings. The molecule has 1 N–H and O–H groups in total. The predicted octanol–water partition coefficient (Wildman–Crippen LogP) is 4.45. The Morgan fingerprint density at radius 3 is 2.38 bits per heavy atom. The van der Waals surface area contributed by atoms with Crippen LogP contribution in [0.3, 0.4) is 0 Å². The summed E-state index contributed by atoms with van der Waals surface area (Å²) in [5.41, 5.74) is 2.74. The summed E-state index contributed by atoms with van der Waals surface area (Å²) in [6.07, 6.45) is 9.10. The van der Waals surface area contributed by atoms with Gasteiger partial charge in [0.05, 0.1) is 6.10 Å². The number of rotatable bonds is 8. The standard InChI is InChI=1S/C14H25ClO/c1-4-14(16)9-8-12(2)6-5-7-13(3)10-11-15/h6,10,14,16H,4-5,7-9,11H2,1-3H3. The van der Waals surface area contributed by atoms with Gasteiger partial charge in [-0.2, -0.15) is 0 Å². The van der Waals surface area contributed by atoms with Gasteiger partial charge in [-0.05, 0) is 46.0 Å². The van der Waals surface area contributed by atoms with Crippen molar-refractivity contribution in [1.29, 1.82) is 0 Å². The first-order valence-corrected chi connectivity index (χ1v) is 6.68. The zero-order chi connectivity index (χ0) is 12.4. The largest absolute Gasteiger partial charge is 0.393 e. The fourth-order valence-electron chi connectivity index (χ4n) is 1.48. The zero-order valence-electron chi connectivity index (χ0n) is 10.8. The number of hydrogen-bond acceptors (Lipinski definition) is 1. The van der Waals surface area contributed by atoms with Gasteiger partial charge in [-0.25, -0.2) is 0 Å². The third-order valence-electron chi connectivity index (χ3n) is 2.80. The highest BCUT2D eigenvalue weighted by Gasteiger charge is 2.00. The zero-order valence-corrected chi connectivity index (χ0v) is 11.6. The Labute approximate surface area is 105 Å². The molecule has 2 heteroatoms. The highest BCUT2D eigenvalue weighted by atomic mass is 35.5. The first-order valence-electron chi connectivity index (χ1n) is 6.15. The molecular formula is C14H25ClO. The van der Waals surface area contributed by atoms with Crippen LogP contribution in [0.2, 0.25) is 0 Å². The molecule has 0 amide bonds. The molecule has 0 aliphatic rings. The minimum Gasteiger partial charge on any atom is -0.393 e. The van der Waals surface area contributed by atoms with Gasteiger partial charge in [0.2, 0.25) is 0 Å². The lowest BCUT2D eigenvalue weighted by molar-refractivity contribution is 0.160. The fraction of sp³-hybridized carbons (Fsp3) is 0.714. The lowest BCUT2D eigenvalue weighted by Crippen LogP contribution is -2.03. The van der Waals surface area contributed by atoms with Crippen LogP contribution in [0.5, 0.6) is 0 Å². The topological polar surface area (TPSA) is 20.2 Å². The highest BCUT2D eigenvalue weighted by molar-refractivity contribution is 6.18. The average molecular weight is 245 g/mol. The van der Waals surface area contributed by atoms with E-state index in [1.54, 1.807) is 0 Å². The van der Waals surface area contributed by atoms with Gasteiger partial charge in [0.15, 0.2) is 0 Å². The molecule has 0 aromatic carbocycles. The van der Waals surface area contributed by atoms with E-state index >= 15 is 0 Å². The van der Waals surface area contributed by atoms with Crippen LogP contribution in [0.4, 0.5) is 0 Å². The van der Waals surface area contributed by atoms with Crippen LogP contribution in [0.15, 0.2) is 23.3 Å². The van der Waals surface area contributed by atoms with E-state index in [0.29, 0.717) is 5.88 Å². The second kappa shape index (κ2) is 9.92. The lowest BCUT2D eigenvalue weighted by Gasteiger charge is -2.07. The highest BCUT2D eigenvalue weighted by Crippen LogP contribution is 2.12. The molecule has 0 bridgehead atoms. The Balaban J connectivity index is 3.74. The van der Waals surface area contributed by atoms with Crippen LogP contribution >= 0.6 is 11.6 Å². The summed E-state index contributed by atoms with van der Waals surface area (Å²) in [5.74, 6) is 0.608. The Hall–Kier alpha value is -0.270. The Kier molecular flexibility index (Phi) is 9.75. The predicted molar refractivity (Wildman–Crippen MR) is 73.0 cm³/mol. The molecule has 0 spiro atoms. The quantitative estimate of drug-likeness (QED) is 0.494. The third kappa shape index (κ3) is 8.99. The van der Waals surface area contributed by atoms with Crippen LogP contribution in [0, 0.1) is 0 Å². The molecular weight excluding hydrogens is 220 g/mol. The van der Waals surface area contributed by atoms with Crippen molar-refractivity contribution in [2.75, 3.05) is 5.88 Å². The normalized spacial score (nSPS) is 15.3. The summed E-state index contributed by atoms with van der Waals surface area (Å²) in [6.45, 7) is 6.28. The minimum absolute atomic E-state index is 0.138. The molecule has 1 nitrogen and oxygen atoms in total. The first-order chi connectivity index (χ1) is 7.60. The summed E-state index contributed by atoms with van der Waals surface area (Å²) in [7, 11) is 0. The molecule has 1 atom stereocenters. The van der Waals surface area contributed by atoms with Gasteiger partial charge >= 0.3 is 0 Å². The number of halogens is 1. The monoisotopic (exact) mass is 244 g/mol. The maximum atomic E-state index is 9.44. The van der Waals surface area contributed by atoms with Gasteiger partial charge in [0.25, 0.3) is 0 Å². The molecule has 0 radical (unpaired) electrons. The van der Waals surface area contributed by atoms with Crippen LogP contribution in [-0.4, -0.2) is 17.1 Å². The van der Waals surface area contributed by atoms with E-state index in [4.69, 9.17) is 11.6 Å². The van der Waals surface area contributed by atoms with E-state index in [0.717, 1.165) is 32.1 Å². The van der Waals surface area contributed by atoms with Gasteiger partial charge in [-0.1, -0.05) is 30.2 Å². The molecule has 0 aliphatic carbocycles. The molecule has 0 saturated heterocycles. The molecule has 1 unspecified atom stereocenters. The lowest BCUT2D eigenvalue weighted by atomic mass is 10.0. The molecule has 0 aliphatic heterocycles. The summed E-state index contributed by atoms with van der Waals surface area (Å²) >= 11 is 5.62. The number of aliphatic hydroxyl groups excluding tert-OH is 1. The summed E-state index contributed by atoms with van der Waals surface area (Å²) in [4.78, 5) is 0. The van der Waals surface area contributed by atoms with Crippen molar-refractivity contribution in [3.05, 3.63) is 23.3 Å². The van der Waals surface area contributed by atoms with Gasteiger partial charge in [-0.15, -0.1) is 11.6 Å². The van der Waals surface area contributed by atoms with Crippen molar-refractivity contribution in [2.24, 2.45) is 0 Å². The van der Waals surface area contributed by atoms with Crippen LogP contribution in [0.25, 0.3) is 0 Å². The molecule has 0 fully saturated rings.